The molecule has 0 unspecified atom stereocenters. The average molecular weight is 567 g/mol. The number of nitrogens with zero attached hydrogens (tertiary/aromatic N) is 2. The molecule has 0 bridgehead atoms. The van der Waals surface area contributed by atoms with E-state index in [4.69, 9.17) is 14.2 Å². The van der Waals surface area contributed by atoms with Crippen LogP contribution in [0.4, 0.5) is 0 Å². The Labute approximate surface area is 245 Å². The van der Waals surface area contributed by atoms with Gasteiger partial charge in [-0.1, -0.05) is 60.7 Å². The molecule has 0 atom stereocenters. The fourth-order valence-electron chi connectivity index (χ4n) is 6.02. The molecule has 6 rings (SSSR count). The summed E-state index contributed by atoms with van der Waals surface area (Å²) < 4.78 is 17.5. The SMILES string of the molecule is O=C1C=CC(=O)OC2(O1)c1ccccc1C(=O)N2CC1CCN(CCCOc2ccccc2Cc2ccccc2)CC1. The molecule has 1 amide bonds. The van der Waals surface area contributed by atoms with Crippen LogP contribution in [0, 0.1) is 5.92 Å². The van der Waals surface area contributed by atoms with Crippen LogP contribution in [0.5, 0.6) is 5.75 Å². The molecule has 3 aliphatic rings. The highest BCUT2D eigenvalue weighted by atomic mass is 16.8. The van der Waals surface area contributed by atoms with Gasteiger partial charge in [-0.25, -0.2) is 9.59 Å². The number of likely N-dealkylation sites (tertiary alicyclic amines) is 1. The van der Waals surface area contributed by atoms with Gasteiger partial charge < -0.3 is 19.1 Å². The Kier molecular flexibility index (Phi) is 8.06. The number of ether oxygens (including phenoxy) is 3. The number of para-hydroxylation sites is 1. The summed E-state index contributed by atoms with van der Waals surface area (Å²) in [7, 11) is 0. The molecule has 3 aromatic carbocycles. The number of amides is 1. The number of fused-ring (bicyclic) bond motifs is 2. The van der Waals surface area contributed by atoms with Gasteiger partial charge in [0.25, 0.3) is 5.91 Å². The highest BCUT2D eigenvalue weighted by molar-refractivity contribution is 6.01. The van der Waals surface area contributed by atoms with E-state index >= 15 is 0 Å². The number of piperidine rings is 1. The van der Waals surface area contributed by atoms with Gasteiger partial charge in [0.1, 0.15) is 5.75 Å². The summed E-state index contributed by atoms with van der Waals surface area (Å²) in [5.41, 5.74) is 3.20. The molecule has 3 heterocycles. The normalized spacial score (nSPS) is 18.5. The lowest BCUT2D eigenvalue weighted by molar-refractivity contribution is -0.275. The van der Waals surface area contributed by atoms with E-state index < -0.39 is 17.8 Å². The van der Waals surface area contributed by atoms with Crippen molar-refractivity contribution in [2.75, 3.05) is 32.8 Å². The summed E-state index contributed by atoms with van der Waals surface area (Å²) in [6.07, 6.45) is 5.56. The fraction of sp³-hybridized carbons (Fsp3) is 0.324. The summed E-state index contributed by atoms with van der Waals surface area (Å²) >= 11 is 0. The number of carbonyl (C=O) groups is 3. The first-order valence-electron chi connectivity index (χ1n) is 14.5. The predicted octanol–water partition coefficient (Wildman–Crippen LogP) is 4.68. The second kappa shape index (κ2) is 12.2. The molecule has 42 heavy (non-hydrogen) atoms. The third-order valence-corrected chi connectivity index (χ3v) is 8.17. The molecule has 8 heteroatoms. The van der Waals surface area contributed by atoms with Gasteiger partial charge in [-0.3, -0.25) is 9.69 Å². The van der Waals surface area contributed by atoms with Gasteiger partial charge in [0.05, 0.1) is 17.7 Å². The van der Waals surface area contributed by atoms with E-state index in [1.54, 1.807) is 24.3 Å². The zero-order valence-electron chi connectivity index (χ0n) is 23.4. The third kappa shape index (κ3) is 5.81. The number of esters is 2. The van der Waals surface area contributed by atoms with Crippen LogP contribution in [0.2, 0.25) is 0 Å². The van der Waals surface area contributed by atoms with Crippen molar-refractivity contribution in [3.8, 4) is 5.75 Å². The first kappa shape index (κ1) is 27.7. The lowest BCUT2D eigenvalue weighted by Gasteiger charge is -2.39. The molecule has 0 saturated carbocycles. The standard InChI is InChI=1S/C34H34N2O6/c37-31-15-16-32(38)42-34(41-31)29-13-6-5-12-28(29)33(39)36(34)24-26-17-20-35(21-18-26)19-8-22-40-30-14-7-4-11-27(30)23-25-9-2-1-3-10-25/h1-7,9-16,26H,8,17-24H2. The molecule has 0 aliphatic carbocycles. The molecule has 0 aromatic heterocycles. The maximum absolute atomic E-state index is 13.5. The quantitative estimate of drug-likeness (QED) is 0.275. The van der Waals surface area contributed by atoms with Crippen molar-refractivity contribution in [1.82, 2.24) is 9.80 Å². The number of carbonyl (C=O) groups excluding carboxylic acids is 3. The van der Waals surface area contributed by atoms with Gasteiger partial charge >= 0.3 is 17.8 Å². The Morgan fingerprint density at radius 1 is 0.810 bits per heavy atom. The topological polar surface area (TPSA) is 85.4 Å². The minimum absolute atomic E-state index is 0.172. The Bertz CT molecular complexity index is 1460. The zero-order chi connectivity index (χ0) is 28.9. The van der Waals surface area contributed by atoms with Crippen molar-refractivity contribution < 1.29 is 28.6 Å². The van der Waals surface area contributed by atoms with Crippen molar-refractivity contribution in [3.63, 3.8) is 0 Å². The van der Waals surface area contributed by atoms with E-state index in [2.05, 4.69) is 35.2 Å². The van der Waals surface area contributed by atoms with Gasteiger partial charge in [-0.15, -0.1) is 0 Å². The summed E-state index contributed by atoms with van der Waals surface area (Å²) in [6, 6.07) is 25.4. The monoisotopic (exact) mass is 566 g/mol. The third-order valence-electron chi connectivity index (χ3n) is 8.17. The second-order valence-electron chi connectivity index (χ2n) is 11.0. The molecule has 3 aromatic rings. The summed E-state index contributed by atoms with van der Waals surface area (Å²) in [4.78, 5) is 42.1. The molecule has 1 spiro atoms. The molecular formula is C34H34N2O6. The van der Waals surface area contributed by atoms with Gasteiger partial charge in [0.2, 0.25) is 0 Å². The molecule has 0 N–H and O–H groups in total. The zero-order valence-corrected chi connectivity index (χ0v) is 23.4. The molecule has 216 valence electrons. The summed E-state index contributed by atoms with van der Waals surface area (Å²) in [5.74, 6) is -2.53. The molecule has 3 aliphatic heterocycles. The van der Waals surface area contributed by atoms with E-state index in [1.807, 2.05) is 24.3 Å². The van der Waals surface area contributed by atoms with Crippen LogP contribution in [-0.4, -0.2) is 60.4 Å². The van der Waals surface area contributed by atoms with Crippen LogP contribution in [0.1, 0.15) is 46.3 Å². The van der Waals surface area contributed by atoms with Gasteiger partial charge in [0.15, 0.2) is 0 Å². The first-order valence-corrected chi connectivity index (χ1v) is 14.5. The smallest absolute Gasteiger partial charge is 0.375 e. The van der Waals surface area contributed by atoms with Crippen molar-refractivity contribution in [3.05, 3.63) is 113 Å². The van der Waals surface area contributed by atoms with Crippen LogP contribution in [0.15, 0.2) is 91.0 Å². The molecule has 0 radical (unpaired) electrons. The molecule has 8 nitrogen and oxygen atoms in total. The highest BCUT2D eigenvalue weighted by Crippen LogP contribution is 2.43. The Morgan fingerprint density at radius 2 is 1.48 bits per heavy atom. The van der Waals surface area contributed by atoms with Gasteiger partial charge in [-0.05, 0) is 67.6 Å². The lowest BCUT2D eigenvalue weighted by atomic mass is 9.96. The van der Waals surface area contributed by atoms with E-state index in [-0.39, 0.29) is 11.8 Å². The van der Waals surface area contributed by atoms with E-state index in [9.17, 15) is 14.4 Å². The van der Waals surface area contributed by atoms with E-state index in [0.29, 0.717) is 24.3 Å². The minimum Gasteiger partial charge on any atom is -0.493 e. The van der Waals surface area contributed by atoms with Crippen molar-refractivity contribution in [1.29, 1.82) is 0 Å². The highest BCUT2D eigenvalue weighted by Gasteiger charge is 2.57. The van der Waals surface area contributed by atoms with Crippen LogP contribution in [-0.2, 0) is 31.4 Å². The van der Waals surface area contributed by atoms with E-state index in [1.165, 1.54) is 16.0 Å². The minimum atomic E-state index is -1.88. The maximum Gasteiger partial charge on any atom is 0.375 e. The van der Waals surface area contributed by atoms with Crippen LogP contribution in [0.25, 0.3) is 0 Å². The Hall–Kier alpha value is -4.43. The lowest BCUT2D eigenvalue weighted by Crippen LogP contribution is -2.52. The number of hydrogen-bond donors (Lipinski definition) is 0. The Balaban J connectivity index is 1.02. The number of rotatable bonds is 9. The predicted molar refractivity (Wildman–Crippen MR) is 155 cm³/mol. The van der Waals surface area contributed by atoms with Crippen molar-refractivity contribution in [2.24, 2.45) is 5.92 Å². The van der Waals surface area contributed by atoms with Crippen molar-refractivity contribution >= 4 is 17.8 Å². The Morgan fingerprint density at radius 3 is 2.24 bits per heavy atom. The van der Waals surface area contributed by atoms with Crippen LogP contribution in [0.3, 0.4) is 0 Å². The van der Waals surface area contributed by atoms with Crippen LogP contribution >= 0.6 is 0 Å². The summed E-state index contributed by atoms with van der Waals surface area (Å²) in [6.45, 7) is 3.66. The molecular weight excluding hydrogens is 532 g/mol. The maximum atomic E-state index is 13.5. The second-order valence-corrected chi connectivity index (χ2v) is 11.0. The number of hydrogen-bond acceptors (Lipinski definition) is 7. The van der Waals surface area contributed by atoms with E-state index in [0.717, 1.165) is 63.2 Å². The summed E-state index contributed by atoms with van der Waals surface area (Å²) in [5, 5.41) is 0. The first-order chi connectivity index (χ1) is 20.5. The molecule has 1 saturated heterocycles. The average Bonchev–Trinajstić information content (AvgIpc) is 3.11. The molecule has 1 fully saturated rings. The van der Waals surface area contributed by atoms with Gasteiger partial charge in [0, 0.05) is 31.7 Å². The van der Waals surface area contributed by atoms with Crippen molar-refractivity contribution in [2.45, 2.75) is 31.6 Å². The fourth-order valence-corrected chi connectivity index (χ4v) is 6.02. The van der Waals surface area contributed by atoms with Crippen LogP contribution < -0.4 is 4.74 Å². The largest absolute Gasteiger partial charge is 0.493 e. The number of benzene rings is 3. The van der Waals surface area contributed by atoms with Gasteiger partial charge in [-0.2, -0.15) is 0 Å².